The second-order valence-electron chi connectivity index (χ2n) is 10.2. The molecule has 0 aliphatic heterocycles. The normalized spacial score (nSPS) is 18.8. The van der Waals surface area contributed by atoms with Gasteiger partial charge in [-0.05, 0) is 94.0 Å². The van der Waals surface area contributed by atoms with Crippen molar-refractivity contribution in [2.45, 2.75) is 125 Å². The summed E-state index contributed by atoms with van der Waals surface area (Å²) in [5, 5.41) is 17.3. The van der Waals surface area contributed by atoms with Gasteiger partial charge >= 0.3 is 0 Å². The minimum Gasteiger partial charge on any atom is -0.381 e. The van der Waals surface area contributed by atoms with Gasteiger partial charge in [0.15, 0.2) is 5.78 Å². The van der Waals surface area contributed by atoms with E-state index in [2.05, 4.69) is 83.1 Å². The van der Waals surface area contributed by atoms with Crippen LogP contribution < -0.4 is 5.32 Å². The molecular formula is C36H61N3O2. The maximum absolute atomic E-state index is 11.9. The minimum absolute atomic E-state index is 0. The third-order valence-corrected chi connectivity index (χ3v) is 7.84. The van der Waals surface area contributed by atoms with Crippen LogP contribution in [0.25, 0.3) is 0 Å². The first-order chi connectivity index (χ1) is 19.8. The average molecular weight is 568 g/mol. The molecule has 2 aromatic carbocycles. The van der Waals surface area contributed by atoms with E-state index in [1.165, 1.54) is 27.8 Å². The summed E-state index contributed by atoms with van der Waals surface area (Å²) in [6, 6.07) is 13.3. The highest BCUT2D eigenvalue weighted by molar-refractivity contribution is 6.01. The molecule has 232 valence electrons. The Morgan fingerprint density at radius 3 is 2.24 bits per heavy atom. The monoisotopic (exact) mass is 567 g/mol. The Kier molecular flexibility index (Phi) is 19.0. The quantitative estimate of drug-likeness (QED) is 0.264. The molecule has 5 heteroatoms. The molecule has 0 radical (unpaired) electrons. The number of methoxy groups -OCH3 is 1. The Bertz CT molecular complexity index is 1060. The molecular weight excluding hydrogens is 506 g/mol. The molecule has 0 aromatic heterocycles. The van der Waals surface area contributed by atoms with Gasteiger partial charge in [-0.3, -0.25) is 4.79 Å². The van der Waals surface area contributed by atoms with Crippen molar-refractivity contribution in [3.05, 3.63) is 69.8 Å². The van der Waals surface area contributed by atoms with Crippen molar-refractivity contribution in [2.24, 2.45) is 0 Å². The van der Waals surface area contributed by atoms with Crippen molar-refractivity contribution in [1.82, 2.24) is 5.32 Å². The van der Waals surface area contributed by atoms with E-state index in [-0.39, 0.29) is 6.84 Å². The lowest BCUT2D eigenvalue weighted by molar-refractivity contribution is 0.00586. The van der Waals surface area contributed by atoms with Gasteiger partial charge in [0.25, 0.3) is 0 Å². The van der Waals surface area contributed by atoms with E-state index in [1.807, 2.05) is 27.7 Å². The number of nitrogens with one attached hydrogen (secondary N) is 3. The Morgan fingerprint density at radius 2 is 1.73 bits per heavy atom. The van der Waals surface area contributed by atoms with Gasteiger partial charge in [-0.15, -0.1) is 0 Å². The number of hydrogen-bond donors (Lipinski definition) is 3. The number of carbonyl (C=O) groups is 1. The summed E-state index contributed by atoms with van der Waals surface area (Å²) in [6.07, 6.45) is 6.85. The lowest BCUT2D eigenvalue weighted by atomic mass is 9.59. The third-order valence-electron chi connectivity index (χ3n) is 7.84. The van der Waals surface area contributed by atoms with E-state index >= 15 is 0 Å². The number of benzene rings is 2. The van der Waals surface area contributed by atoms with Gasteiger partial charge in [0.2, 0.25) is 0 Å². The van der Waals surface area contributed by atoms with E-state index in [9.17, 15) is 4.79 Å². The highest BCUT2D eigenvalue weighted by Gasteiger charge is 2.48. The highest BCUT2D eigenvalue weighted by Crippen LogP contribution is 2.46. The fraction of sp³-hybridized carbons (Fsp3) is 0.583. The van der Waals surface area contributed by atoms with Crippen LogP contribution in [0.4, 0.5) is 0 Å². The summed E-state index contributed by atoms with van der Waals surface area (Å²) >= 11 is 0. The van der Waals surface area contributed by atoms with Crippen LogP contribution in [-0.4, -0.2) is 38.0 Å². The van der Waals surface area contributed by atoms with Gasteiger partial charge in [-0.2, -0.15) is 0 Å². The molecule has 0 heterocycles. The lowest BCUT2D eigenvalue weighted by Crippen LogP contribution is -2.50. The minimum atomic E-state index is -0.0541. The SMILES string of the molecule is C=N.CC.CC.CCC(=N)C1(c2cccc(C)c2)CC(OC)C1.CCCN[C@H](C)c1cc(CC)c2c(c1)C(=O)CC2.[HH]. The van der Waals surface area contributed by atoms with Crippen molar-refractivity contribution in [3.63, 3.8) is 0 Å². The Hall–Kier alpha value is -2.63. The Balaban J connectivity index is 0. The van der Waals surface area contributed by atoms with Crippen LogP contribution in [-0.2, 0) is 23.0 Å². The highest BCUT2D eigenvalue weighted by atomic mass is 16.5. The molecule has 2 aliphatic carbocycles. The first kappa shape index (κ1) is 38.4. The molecule has 0 amide bonds. The van der Waals surface area contributed by atoms with Gasteiger partial charge in [0, 0.05) is 37.7 Å². The van der Waals surface area contributed by atoms with Crippen LogP contribution >= 0.6 is 0 Å². The van der Waals surface area contributed by atoms with Gasteiger partial charge in [-0.25, -0.2) is 0 Å². The van der Waals surface area contributed by atoms with Gasteiger partial charge in [0.1, 0.15) is 0 Å². The molecule has 1 saturated carbocycles. The molecule has 3 N–H and O–H groups in total. The molecule has 2 aliphatic rings. The van der Waals surface area contributed by atoms with Crippen molar-refractivity contribution in [3.8, 4) is 0 Å². The summed E-state index contributed by atoms with van der Waals surface area (Å²) in [4.78, 5) is 11.9. The predicted octanol–water partition coefficient (Wildman–Crippen LogP) is 9.47. The number of ether oxygens (including phenoxy) is 1. The largest absolute Gasteiger partial charge is 0.381 e. The maximum atomic E-state index is 11.9. The topological polar surface area (TPSA) is 86.0 Å². The molecule has 5 nitrogen and oxygen atoms in total. The van der Waals surface area contributed by atoms with Crippen molar-refractivity contribution in [2.75, 3.05) is 13.7 Å². The standard InChI is InChI=1S/C16H23NO.C15H21NO.2C2H6.CH3N.H2/c1-4-8-17-11(3)13-9-12(5-2)14-6-7-16(18)15(14)10-13;1-4-14(16)15(9-13(10-15)17-3)12-7-5-6-11(2)8-12;3*1-2;/h9-11,17H,4-8H2,1-3H3;5-8,13,16H,4,9-10H2,1-3H3;2*1-2H3;2H,1H2;1H/t11-;;;;;/m1...../s1. The van der Waals surface area contributed by atoms with E-state index in [4.69, 9.17) is 15.6 Å². The van der Waals surface area contributed by atoms with Gasteiger partial charge in [0.05, 0.1) is 6.10 Å². The number of fused-ring (bicyclic) bond motifs is 1. The summed E-state index contributed by atoms with van der Waals surface area (Å²) in [5.74, 6) is 0.323. The summed E-state index contributed by atoms with van der Waals surface area (Å²) in [7, 11) is 1.76. The molecule has 41 heavy (non-hydrogen) atoms. The first-order valence-corrected chi connectivity index (χ1v) is 15.7. The van der Waals surface area contributed by atoms with Crippen LogP contribution in [0.15, 0.2) is 36.4 Å². The van der Waals surface area contributed by atoms with Crippen LogP contribution in [0.2, 0.25) is 0 Å². The maximum Gasteiger partial charge on any atom is 0.163 e. The van der Waals surface area contributed by atoms with Crippen LogP contribution in [0, 0.1) is 17.7 Å². The van der Waals surface area contributed by atoms with E-state index in [0.29, 0.717) is 24.3 Å². The number of Topliss-reactive ketones (excluding diaryl/α,β-unsaturated/α-hetero) is 1. The Morgan fingerprint density at radius 1 is 1.10 bits per heavy atom. The van der Waals surface area contributed by atoms with Crippen molar-refractivity contribution < 1.29 is 11.0 Å². The third kappa shape index (κ3) is 10.0. The number of rotatable bonds is 9. The van der Waals surface area contributed by atoms with Crippen LogP contribution in [0.3, 0.4) is 0 Å². The zero-order chi connectivity index (χ0) is 31.6. The Labute approximate surface area is 253 Å². The van der Waals surface area contributed by atoms with E-state index in [1.54, 1.807) is 7.11 Å². The van der Waals surface area contributed by atoms with Crippen LogP contribution in [0.1, 0.15) is 133 Å². The van der Waals surface area contributed by atoms with Crippen molar-refractivity contribution in [1.29, 1.82) is 10.8 Å². The molecule has 0 saturated heterocycles. The molecule has 0 spiro atoms. The summed E-state index contributed by atoms with van der Waals surface area (Å²) < 4.78 is 5.39. The number of carbonyl (C=O) groups excluding carboxylic acids is 1. The number of hydrogen-bond acceptors (Lipinski definition) is 5. The molecule has 1 atom stereocenters. The molecule has 2 aromatic rings. The van der Waals surface area contributed by atoms with Crippen molar-refractivity contribution >= 4 is 18.2 Å². The number of ketones is 1. The molecule has 1 fully saturated rings. The smallest absolute Gasteiger partial charge is 0.163 e. The summed E-state index contributed by atoms with van der Waals surface area (Å²) in [5.41, 5.74) is 8.25. The first-order valence-electron chi connectivity index (χ1n) is 15.7. The molecule has 4 rings (SSSR count). The molecule has 0 bridgehead atoms. The van der Waals surface area contributed by atoms with E-state index in [0.717, 1.165) is 56.3 Å². The second-order valence-corrected chi connectivity index (χ2v) is 10.2. The fourth-order valence-electron chi connectivity index (χ4n) is 5.54. The van der Waals surface area contributed by atoms with Gasteiger partial charge in [-0.1, -0.05) is 84.4 Å². The fourth-order valence-corrected chi connectivity index (χ4v) is 5.54. The zero-order valence-electron chi connectivity index (χ0n) is 27.8. The predicted molar refractivity (Wildman–Crippen MR) is 181 cm³/mol. The summed E-state index contributed by atoms with van der Waals surface area (Å²) in [6.45, 7) is 22.2. The zero-order valence-corrected chi connectivity index (χ0v) is 27.8. The second kappa shape index (κ2) is 20.3. The lowest BCUT2D eigenvalue weighted by Gasteiger charge is -2.48. The van der Waals surface area contributed by atoms with Crippen LogP contribution in [0.5, 0.6) is 0 Å². The van der Waals surface area contributed by atoms with Gasteiger partial charge < -0.3 is 20.9 Å². The molecule has 0 unspecified atom stereocenters. The average Bonchev–Trinajstić information content (AvgIpc) is 3.38. The number of aryl methyl sites for hydroxylation is 2. The van der Waals surface area contributed by atoms with E-state index < -0.39 is 0 Å².